The number of carbonyl (C=O) groups excluding carboxylic acids is 2. The summed E-state index contributed by atoms with van der Waals surface area (Å²) in [5, 5.41) is 10.1. The van der Waals surface area contributed by atoms with Gasteiger partial charge in [-0.3, -0.25) is 14.7 Å². The molecule has 0 unspecified atom stereocenters. The first-order chi connectivity index (χ1) is 10.7. The van der Waals surface area contributed by atoms with Crippen LogP contribution >= 0.6 is 0 Å². The largest absolute Gasteiger partial charge is 0.353 e. The lowest BCUT2D eigenvalue weighted by atomic mass is 9.94. The lowest BCUT2D eigenvalue weighted by Gasteiger charge is -2.24. The Bertz CT molecular complexity index is 540. The molecule has 0 radical (unpaired) electrons. The number of rotatable bonds is 4. The van der Waals surface area contributed by atoms with Crippen molar-refractivity contribution in [1.29, 1.82) is 0 Å². The Labute approximate surface area is 130 Å². The minimum Gasteiger partial charge on any atom is -0.353 e. The van der Waals surface area contributed by atoms with E-state index in [1.807, 2.05) is 11.1 Å². The van der Waals surface area contributed by atoms with E-state index in [0.717, 1.165) is 50.8 Å². The number of fused-ring (bicyclic) bond motifs is 1. The number of nitrogens with zero attached hydrogens (tertiary/aromatic N) is 2. The van der Waals surface area contributed by atoms with E-state index in [2.05, 4.69) is 15.5 Å². The topological polar surface area (TPSA) is 78.1 Å². The van der Waals surface area contributed by atoms with Gasteiger partial charge in [-0.15, -0.1) is 0 Å². The quantitative estimate of drug-likeness (QED) is 0.876. The molecule has 6 heteroatoms. The maximum Gasteiger partial charge on any atom is 0.222 e. The van der Waals surface area contributed by atoms with Gasteiger partial charge in [-0.2, -0.15) is 5.10 Å². The van der Waals surface area contributed by atoms with Crippen LogP contribution in [0.5, 0.6) is 0 Å². The zero-order valence-electron chi connectivity index (χ0n) is 12.9. The number of aromatic nitrogens is 2. The van der Waals surface area contributed by atoms with Crippen LogP contribution in [0, 0.1) is 0 Å². The third-order valence-electron chi connectivity index (χ3n) is 4.67. The van der Waals surface area contributed by atoms with Crippen LogP contribution in [0.4, 0.5) is 0 Å². The van der Waals surface area contributed by atoms with E-state index in [4.69, 9.17) is 0 Å². The summed E-state index contributed by atoms with van der Waals surface area (Å²) in [5.74, 6) is 0.245. The zero-order chi connectivity index (χ0) is 15.4. The second kappa shape index (κ2) is 6.94. The highest BCUT2D eigenvalue weighted by molar-refractivity contribution is 5.79. The van der Waals surface area contributed by atoms with Crippen LogP contribution in [0.3, 0.4) is 0 Å². The first-order valence-electron chi connectivity index (χ1n) is 8.30. The number of hydrogen-bond acceptors (Lipinski definition) is 3. The van der Waals surface area contributed by atoms with Gasteiger partial charge in [-0.1, -0.05) is 6.42 Å². The van der Waals surface area contributed by atoms with Crippen molar-refractivity contribution in [1.82, 2.24) is 20.4 Å². The normalized spacial score (nSPS) is 22.1. The van der Waals surface area contributed by atoms with Gasteiger partial charge < -0.3 is 10.2 Å². The summed E-state index contributed by atoms with van der Waals surface area (Å²) in [7, 11) is 0. The van der Waals surface area contributed by atoms with Gasteiger partial charge in [0.15, 0.2) is 0 Å². The molecule has 1 aliphatic heterocycles. The Balaban J connectivity index is 1.44. The zero-order valence-corrected chi connectivity index (χ0v) is 12.9. The van der Waals surface area contributed by atoms with Crippen LogP contribution in [0.15, 0.2) is 6.20 Å². The smallest absolute Gasteiger partial charge is 0.222 e. The molecule has 1 aromatic rings. The van der Waals surface area contributed by atoms with Crippen LogP contribution in [-0.4, -0.2) is 46.0 Å². The van der Waals surface area contributed by atoms with Crippen LogP contribution in [0.1, 0.15) is 49.8 Å². The molecule has 1 aromatic heterocycles. The van der Waals surface area contributed by atoms with Crippen molar-refractivity contribution in [2.24, 2.45) is 0 Å². The van der Waals surface area contributed by atoms with Crippen LogP contribution in [0.25, 0.3) is 0 Å². The summed E-state index contributed by atoms with van der Waals surface area (Å²) in [6, 6.07) is 0.181. The number of hydrogen-bond donors (Lipinski definition) is 2. The summed E-state index contributed by atoms with van der Waals surface area (Å²) in [6.07, 6.45) is 8.80. The van der Waals surface area contributed by atoms with Crippen molar-refractivity contribution in [3.63, 3.8) is 0 Å². The predicted octanol–water partition coefficient (Wildman–Crippen LogP) is 1.18. The molecule has 0 aromatic carbocycles. The second-order valence-corrected chi connectivity index (χ2v) is 6.32. The number of H-pyrrole nitrogens is 1. The molecule has 0 bridgehead atoms. The number of likely N-dealkylation sites (tertiary alicyclic amines) is 1. The van der Waals surface area contributed by atoms with Crippen molar-refractivity contribution in [3.05, 3.63) is 17.5 Å². The standard InChI is InChI=1S/C16H24N4O2/c21-15(7-9-20-8-3-1-2-4-16(20)22)18-13-6-5-12-11-17-19-14(12)10-13/h11,13H,1-10H2,(H,17,19)(H,18,21)/t13-/m1/s1. The van der Waals surface area contributed by atoms with Gasteiger partial charge in [0.25, 0.3) is 0 Å². The van der Waals surface area contributed by atoms with Gasteiger partial charge in [0, 0.05) is 44.1 Å². The van der Waals surface area contributed by atoms with Crippen molar-refractivity contribution in [2.45, 2.75) is 57.4 Å². The fourth-order valence-corrected chi connectivity index (χ4v) is 3.34. The number of nitrogens with one attached hydrogen (secondary N) is 2. The predicted molar refractivity (Wildman–Crippen MR) is 82.2 cm³/mol. The van der Waals surface area contributed by atoms with Crippen LogP contribution in [0.2, 0.25) is 0 Å². The first kappa shape index (κ1) is 15.1. The average molecular weight is 304 g/mol. The number of carbonyl (C=O) groups is 2. The molecule has 1 fully saturated rings. The second-order valence-electron chi connectivity index (χ2n) is 6.32. The third-order valence-corrected chi connectivity index (χ3v) is 4.67. The van der Waals surface area contributed by atoms with Crippen molar-refractivity contribution in [3.8, 4) is 0 Å². The fraction of sp³-hybridized carbons (Fsp3) is 0.688. The van der Waals surface area contributed by atoms with E-state index in [0.29, 0.717) is 19.4 Å². The molecule has 3 rings (SSSR count). The van der Waals surface area contributed by atoms with E-state index in [1.54, 1.807) is 0 Å². The van der Waals surface area contributed by atoms with E-state index in [1.165, 1.54) is 5.56 Å². The minimum atomic E-state index is 0.0463. The fourth-order valence-electron chi connectivity index (χ4n) is 3.34. The molecule has 2 amide bonds. The molecular formula is C16H24N4O2. The van der Waals surface area contributed by atoms with E-state index in [-0.39, 0.29) is 17.9 Å². The maximum absolute atomic E-state index is 12.1. The van der Waals surface area contributed by atoms with E-state index >= 15 is 0 Å². The summed E-state index contributed by atoms with van der Waals surface area (Å²) in [5.41, 5.74) is 2.40. The highest BCUT2D eigenvalue weighted by Crippen LogP contribution is 2.19. The highest BCUT2D eigenvalue weighted by Gasteiger charge is 2.22. The Morgan fingerprint density at radius 3 is 3.18 bits per heavy atom. The molecule has 0 spiro atoms. The van der Waals surface area contributed by atoms with Gasteiger partial charge in [0.05, 0.1) is 6.20 Å². The van der Waals surface area contributed by atoms with Gasteiger partial charge >= 0.3 is 0 Å². The molecule has 2 N–H and O–H groups in total. The molecule has 22 heavy (non-hydrogen) atoms. The van der Waals surface area contributed by atoms with Gasteiger partial charge in [0.1, 0.15) is 0 Å². The summed E-state index contributed by atoms with van der Waals surface area (Å²) < 4.78 is 0. The van der Waals surface area contributed by atoms with Gasteiger partial charge in [-0.05, 0) is 31.2 Å². The van der Waals surface area contributed by atoms with Crippen molar-refractivity contribution in [2.75, 3.05) is 13.1 Å². The molecule has 0 saturated carbocycles. The van der Waals surface area contributed by atoms with Crippen LogP contribution < -0.4 is 5.32 Å². The average Bonchev–Trinajstić information content (AvgIpc) is 2.87. The van der Waals surface area contributed by atoms with Gasteiger partial charge in [-0.25, -0.2) is 0 Å². The number of amides is 2. The number of aromatic amines is 1. The van der Waals surface area contributed by atoms with Crippen molar-refractivity contribution < 1.29 is 9.59 Å². The van der Waals surface area contributed by atoms with Gasteiger partial charge in [0.2, 0.25) is 11.8 Å². The number of aryl methyl sites for hydroxylation is 1. The molecule has 6 nitrogen and oxygen atoms in total. The monoisotopic (exact) mass is 304 g/mol. The third kappa shape index (κ3) is 3.67. The lowest BCUT2D eigenvalue weighted by Crippen LogP contribution is -2.41. The molecular weight excluding hydrogens is 280 g/mol. The summed E-state index contributed by atoms with van der Waals surface area (Å²) >= 11 is 0. The summed E-state index contributed by atoms with van der Waals surface area (Å²) in [4.78, 5) is 25.9. The molecule has 1 aliphatic carbocycles. The Kier molecular flexibility index (Phi) is 4.75. The molecule has 1 saturated heterocycles. The first-order valence-corrected chi connectivity index (χ1v) is 8.30. The lowest BCUT2D eigenvalue weighted by molar-refractivity contribution is -0.131. The van der Waals surface area contributed by atoms with Crippen molar-refractivity contribution >= 4 is 11.8 Å². The Morgan fingerprint density at radius 1 is 1.36 bits per heavy atom. The SMILES string of the molecule is O=C(CCN1CCCCCC1=O)N[C@@H]1CCc2cn[nH]c2C1. The molecule has 120 valence electrons. The summed E-state index contributed by atoms with van der Waals surface area (Å²) in [6.45, 7) is 1.35. The molecule has 2 aliphatic rings. The maximum atomic E-state index is 12.1. The Morgan fingerprint density at radius 2 is 2.27 bits per heavy atom. The van der Waals surface area contributed by atoms with E-state index in [9.17, 15) is 9.59 Å². The Hall–Kier alpha value is -1.85. The molecule has 2 heterocycles. The van der Waals surface area contributed by atoms with E-state index < -0.39 is 0 Å². The van der Waals surface area contributed by atoms with Crippen LogP contribution in [-0.2, 0) is 22.4 Å². The molecule has 1 atom stereocenters. The highest BCUT2D eigenvalue weighted by atomic mass is 16.2. The minimum absolute atomic E-state index is 0.0463.